The lowest BCUT2D eigenvalue weighted by atomic mass is 9.87. The van der Waals surface area contributed by atoms with Gasteiger partial charge < -0.3 is 20.0 Å². The number of fused-ring (bicyclic) bond motifs is 2. The van der Waals surface area contributed by atoms with Crippen LogP contribution in [-0.4, -0.2) is 40.7 Å². The Balaban J connectivity index is 1.42. The molecule has 2 heterocycles. The number of phenolic OH excluding ortho intramolecular Hbond substituents is 1. The zero-order chi connectivity index (χ0) is 20.8. The number of anilines is 1. The highest BCUT2D eigenvalue weighted by Gasteiger charge is 2.32. The Morgan fingerprint density at radius 1 is 1.10 bits per heavy atom. The minimum Gasteiger partial charge on any atom is -0.508 e. The topological polar surface area (TPSA) is 64.0 Å². The van der Waals surface area contributed by atoms with E-state index in [1.807, 2.05) is 35.2 Å². The molecule has 3 aromatic rings. The average molecular weight is 400 g/mol. The number of aromatic hydroxyl groups is 1. The van der Waals surface area contributed by atoms with E-state index in [1.165, 1.54) is 11.6 Å². The molecule has 5 heteroatoms. The third-order valence-corrected chi connectivity index (χ3v) is 6.34. The number of aliphatic hydroxyl groups excluding tert-OH is 1. The Bertz CT molecular complexity index is 1150. The van der Waals surface area contributed by atoms with Crippen molar-refractivity contribution in [3.8, 4) is 5.75 Å². The van der Waals surface area contributed by atoms with E-state index in [1.54, 1.807) is 17.0 Å². The van der Waals surface area contributed by atoms with Crippen molar-refractivity contribution in [1.29, 1.82) is 0 Å². The first-order valence-electron chi connectivity index (χ1n) is 10.3. The van der Waals surface area contributed by atoms with Gasteiger partial charge in [-0.15, -0.1) is 0 Å². The molecule has 1 amide bonds. The van der Waals surface area contributed by atoms with Gasteiger partial charge in [-0.05, 0) is 35.1 Å². The molecule has 3 aromatic carbocycles. The van der Waals surface area contributed by atoms with Crippen molar-refractivity contribution in [2.45, 2.75) is 18.6 Å². The van der Waals surface area contributed by atoms with Crippen LogP contribution >= 0.6 is 0 Å². The van der Waals surface area contributed by atoms with Gasteiger partial charge in [-0.3, -0.25) is 4.79 Å². The van der Waals surface area contributed by atoms with Crippen molar-refractivity contribution >= 4 is 22.4 Å². The smallest absolute Gasteiger partial charge is 0.245 e. The summed E-state index contributed by atoms with van der Waals surface area (Å²) >= 11 is 0. The molecule has 2 aliphatic heterocycles. The molecule has 1 atom stereocenters. The van der Waals surface area contributed by atoms with Crippen LogP contribution < -0.4 is 4.90 Å². The molecule has 0 saturated carbocycles. The number of likely N-dealkylation sites (tertiary alicyclic amines) is 1. The molecule has 0 bridgehead atoms. The summed E-state index contributed by atoms with van der Waals surface area (Å²) < 4.78 is 0. The predicted molar refractivity (Wildman–Crippen MR) is 118 cm³/mol. The molecule has 30 heavy (non-hydrogen) atoms. The van der Waals surface area contributed by atoms with Crippen LogP contribution in [0.1, 0.15) is 28.8 Å². The van der Waals surface area contributed by atoms with Crippen molar-refractivity contribution < 1.29 is 15.0 Å². The second-order valence-electron chi connectivity index (χ2n) is 8.11. The fraction of sp³-hybridized carbons (Fsp3) is 0.240. The molecule has 1 fully saturated rings. The van der Waals surface area contributed by atoms with Gasteiger partial charge in [0.2, 0.25) is 5.91 Å². The third-order valence-electron chi connectivity index (χ3n) is 6.34. The van der Waals surface area contributed by atoms with E-state index in [0.29, 0.717) is 25.6 Å². The number of rotatable bonds is 3. The molecule has 0 radical (unpaired) electrons. The molecule has 0 spiro atoms. The summed E-state index contributed by atoms with van der Waals surface area (Å²) in [5.41, 5.74) is 4.10. The van der Waals surface area contributed by atoms with Crippen molar-refractivity contribution in [2.24, 2.45) is 0 Å². The fourth-order valence-corrected chi connectivity index (χ4v) is 4.64. The van der Waals surface area contributed by atoms with Gasteiger partial charge in [0.1, 0.15) is 5.75 Å². The third kappa shape index (κ3) is 3.02. The van der Waals surface area contributed by atoms with E-state index in [9.17, 15) is 15.0 Å². The summed E-state index contributed by atoms with van der Waals surface area (Å²) in [4.78, 5) is 15.4. The van der Waals surface area contributed by atoms with Crippen LogP contribution in [0.4, 0.5) is 5.69 Å². The van der Waals surface area contributed by atoms with Crippen molar-refractivity contribution in [3.05, 3.63) is 83.9 Å². The van der Waals surface area contributed by atoms with E-state index < -0.39 is 6.23 Å². The van der Waals surface area contributed by atoms with Gasteiger partial charge in [-0.25, -0.2) is 0 Å². The van der Waals surface area contributed by atoms with Crippen LogP contribution in [0.3, 0.4) is 0 Å². The Hall–Kier alpha value is -3.31. The molecule has 2 aliphatic rings. The highest BCUT2D eigenvalue weighted by Crippen LogP contribution is 2.39. The van der Waals surface area contributed by atoms with Crippen molar-refractivity contribution in [3.63, 3.8) is 0 Å². The van der Waals surface area contributed by atoms with Gasteiger partial charge in [-0.1, -0.05) is 49.0 Å². The van der Waals surface area contributed by atoms with Gasteiger partial charge in [0.15, 0.2) is 6.23 Å². The number of carbonyl (C=O) groups is 1. The Labute approximate surface area is 175 Å². The first-order chi connectivity index (χ1) is 14.5. The van der Waals surface area contributed by atoms with Crippen molar-refractivity contribution in [2.75, 3.05) is 24.5 Å². The maximum Gasteiger partial charge on any atom is 0.245 e. The molecule has 1 unspecified atom stereocenters. The van der Waals surface area contributed by atoms with Crippen molar-refractivity contribution in [1.82, 2.24) is 4.90 Å². The molecular formula is C25H24N2O3. The van der Waals surface area contributed by atoms with E-state index in [2.05, 4.69) is 18.7 Å². The maximum atomic E-state index is 11.7. The second-order valence-corrected chi connectivity index (χ2v) is 8.11. The SMILES string of the molecule is C=CC(=O)N1CC(c2ccc3c(c2)CCN(c2cc(O)cc4ccccc24)C3O)C1. The summed E-state index contributed by atoms with van der Waals surface area (Å²) in [5, 5.41) is 23.3. The zero-order valence-corrected chi connectivity index (χ0v) is 16.7. The first-order valence-corrected chi connectivity index (χ1v) is 10.3. The van der Waals surface area contributed by atoms with Gasteiger partial charge in [0.05, 0.1) is 5.69 Å². The number of benzene rings is 3. The highest BCUT2D eigenvalue weighted by atomic mass is 16.3. The predicted octanol–water partition coefficient (Wildman–Crippen LogP) is 3.71. The van der Waals surface area contributed by atoms with Crippen LogP contribution in [-0.2, 0) is 11.2 Å². The van der Waals surface area contributed by atoms with Gasteiger partial charge >= 0.3 is 0 Å². The van der Waals surface area contributed by atoms with Crippen LogP contribution in [0.5, 0.6) is 5.75 Å². The largest absolute Gasteiger partial charge is 0.508 e. The first kappa shape index (κ1) is 18.7. The minimum atomic E-state index is -0.770. The van der Waals surface area contributed by atoms with E-state index >= 15 is 0 Å². The van der Waals surface area contributed by atoms with Gasteiger partial charge in [0.25, 0.3) is 0 Å². The summed E-state index contributed by atoms with van der Waals surface area (Å²) in [6.45, 7) is 5.64. The molecule has 0 aromatic heterocycles. The fourth-order valence-electron chi connectivity index (χ4n) is 4.64. The van der Waals surface area contributed by atoms with E-state index in [-0.39, 0.29) is 11.7 Å². The summed E-state index contributed by atoms with van der Waals surface area (Å²) in [6.07, 6.45) is 1.40. The molecule has 0 aliphatic carbocycles. The quantitative estimate of drug-likeness (QED) is 0.658. The lowest BCUT2D eigenvalue weighted by molar-refractivity contribution is -0.130. The molecule has 5 rings (SSSR count). The maximum absolute atomic E-state index is 11.7. The lowest BCUT2D eigenvalue weighted by Crippen LogP contribution is -2.47. The van der Waals surface area contributed by atoms with Crippen LogP contribution in [0.2, 0.25) is 0 Å². The number of hydrogen-bond donors (Lipinski definition) is 2. The molecule has 152 valence electrons. The Morgan fingerprint density at radius 3 is 2.70 bits per heavy atom. The lowest BCUT2D eigenvalue weighted by Gasteiger charge is -2.40. The molecule has 2 N–H and O–H groups in total. The zero-order valence-electron chi connectivity index (χ0n) is 16.7. The number of aliphatic hydroxyl groups is 1. The minimum absolute atomic E-state index is 0.0198. The number of hydrogen-bond acceptors (Lipinski definition) is 4. The van der Waals surface area contributed by atoms with E-state index in [0.717, 1.165) is 34.0 Å². The normalized spacial score (nSPS) is 18.8. The average Bonchev–Trinajstić information content (AvgIpc) is 2.72. The summed E-state index contributed by atoms with van der Waals surface area (Å²) in [5.74, 6) is 0.513. The van der Waals surface area contributed by atoms with E-state index in [4.69, 9.17) is 0 Å². The van der Waals surface area contributed by atoms with Crippen LogP contribution in [0.15, 0.2) is 67.3 Å². The van der Waals surface area contributed by atoms with Gasteiger partial charge in [-0.2, -0.15) is 0 Å². The molecular weight excluding hydrogens is 376 g/mol. The van der Waals surface area contributed by atoms with Crippen LogP contribution in [0.25, 0.3) is 10.8 Å². The number of phenols is 1. The molecule has 1 saturated heterocycles. The van der Waals surface area contributed by atoms with Gasteiger partial charge in [0, 0.05) is 42.6 Å². The highest BCUT2D eigenvalue weighted by molar-refractivity contribution is 5.96. The molecule has 5 nitrogen and oxygen atoms in total. The summed E-state index contributed by atoms with van der Waals surface area (Å²) in [7, 11) is 0. The second kappa shape index (κ2) is 7.18. The number of amides is 1. The Kier molecular flexibility index (Phi) is 4.48. The standard InChI is InChI=1S/C25H24N2O3/c1-2-24(29)26-14-19(15-26)16-7-8-22-18(11-16)9-10-27(25(22)30)23-13-20(28)12-17-5-3-4-6-21(17)23/h2-8,11-13,19,25,28,30H,1,9-10,14-15H2. The number of carbonyl (C=O) groups excluding carboxylic acids is 1. The monoisotopic (exact) mass is 400 g/mol. The Morgan fingerprint density at radius 2 is 1.90 bits per heavy atom. The summed E-state index contributed by atoms with van der Waals surface area (Å²) in [6, 6.07) is 17.6. The van der Waals surface area contributed by atoms with Crippen LogP contribution in [0, 0.1) is 0 Å². The number of nitrogens with zero attached hydrogens (tertiary/aromatic N) is 2.